The van der Waals surface area contributed by atoms with E-state index in [1.807, 2.05) is 0 Å². The van der Waals surface area contributed by atoms with Gasteiger partial charge < -0.3 is 0 Å². The summed E-state index contributed by atoms with van der Waals surface area (Å²) in [6.07, 6.45) is 4.24. The lowest BCUT2D eigenvalue weighted by Gasteiger charge is -2.05. The van der Waals surface area contributed by atoms with Crippen molar-refractivity contribution in [3.05, 3.63) is 0 Å². The minimum atomic E-state index is -0.289. The Morgan fingerprint density at radius 1 is 0.900 bits per heavy atom. The van der Waals surface area contributed by atoms with Gasteiger partial charge in [0.25, 0.3) is 0 Å². The molecule has 62 valence electrons. The maximum absolute atomic E-state index is 5.99. The summed E-state index contributed by atoms with van der Waals surface area (Å²) in [4.78, 5) is 0. The molecule has 0 heterocycles. The second-order valence-electron chi connectivity index (χ2n) is 1.99. The molecule has 0 spiro atoms. The van der Waals surface area contributed by atoms with E-state index < -0.39 is 0 Å². The molecule has 4 heteroatoms. The van der Waals surface area contributed by atoms with Crippen LogP contribution in [0, 0.1) is 0 Å². The minimum Gasteiger partial charge on any atom is -0.127 e. The lowest BCUT2D eigenvalue weighted by molar-refractivity contribution is 1.07. The number of rotatable bonds is 6. The van der Waals surface area contributed by atoms with Crippen LogP contribution in [0.3, 0.4) is 0 Å². The van der Waals surface area contributed by atoms with Gasteiger partial charge in [-0.05, 0) is 32.4 Å². The Hall–Kier alpha value is 1.30. The molecule has 0 amide bonds. The van der Waals surface area contributed by atoms with Gasteiger partial charge in [-0.25, -0.2) is 0 Å². The van der Waals surface area contributed by atoms with Crippen molar-refractivity contribution in [1.29, 1.82) is 0 Å². The van der Waals surface area contributed by atoms with Gasteiger partial charge in [0.05, 0.1) is 0 Å². The summed E-state index contributed by atoms with van der Waals surface area (Å²) in [5, 5.41) is 0. The summed E-state index contributed by atoms with van der Waals surface area (Å²) >= 11 is 17.0. The van der Waals surface area contributed by atoms with Gasteiger partial charge in [0.2, 0.25) is 0 Å². The largest absolute Gasteiger partial charge is 0.127 e. The van der Waals surface area contributed by atoms with Crippen molar-refractivity contribution in [2.45, 2.75) is 12.8 Å². The van der Waals surface area contributed by atoms with Gasteiger partial charge >= 0.3 is 0 Å². The van der Waals surface area contributed by atoms with Gasteiger partial charge in [-0.3, -0.25) is 0 Å². The van der Waals surface area contributed by atoms with Crippen LogP contribution in [0.5, 0.6) is 0 Å². The van der Waals surface area contributed by atoms with Gasteiger partial charge in [0.15, 0.2) is 0 Å². The molecule has 0 nitrogen and oxygen atoms in total. The number of halogens is 3. The highest BCUT2D eigenvalue weighted by atomic mass is 35.7. The molecule has 0 bridgehead atoms. The molecule has 0 unspecified atom stereocenters. The average Bonchev–Trinajstić information content (AvgIpc) is 1.97. The second kappa shape index (κ2) is 8.40. The molecule has 0 aromatic heterocycles. The summed E-state index contributed by atoms with van der Waals surface area (Å²) in [6, 6.07) is 0. The van der Waals surface area contributed by atoms with Crippen LogP contribution < -0.4 is 0 Å². The summed E-state index contributed by atoms with van der Waals surface area (Å²) in [5.41, 5.74) is 0. The SMILES string of the molecule is ClCCCP(Cl)CCCCl. The van der Waals surface area contributed by atoms with Gasteiger partial charge in [0, 0.05) is 11.8 Å². The molecule has 0 aromatic rings. The minimum absolute atomic E-state index is 0.289. The number of hydrogen-bond donors (Lipinski definition) is 0. The first-order valence-corrected chi connectivity index (χ1v) is 7.02. The zero-order chi connectivity index (χ0) is 7.82. The third-order valence-corrected chi connectivity index (χ3v) is 4.22. The quantitative estimate of drug-likeness (QED) is 0.472. The normalized spacial score (nSPS) is 10.8. The zero-order valence-corrected chi connectivity index (χ0v) is 8.99. The van der Waals surface area contributed by atoms with Crippen molar-refractivity contribution in [3.8, 4) is 0 Å². The van der Waals surface area contributed by atoms with Crippen molar-refractivity contribution in [3.63, 3.8) is 0 Å². The summed E-state index contributed by atoms with van der Waals surface area (Å²) in [7, 11) is -0.289. The number of hydrogen-bond acceptors (Lipinski definition) is 0. The highest BCUT2D eigenvalue weighted by Crippen LogP contribution is 2.42. The molecule has 0 fully saturated rings. The molecule has 0 aliphatic carbocycles. The Morgan fingerprint density at radius 3 is 1.60 bits per heavy atom. The van der Waals surface area contributed by atoms with Crippen LogP contribution in [0.25, 0.3) is 0 Å². The lowest BCUT2D eigenvalue weighted by atomic mass is 10.6. The van der Waals surface area contributed by atoms with E-state index in [2.05, 4.69) is 0 Å². The molecule has 0 N–H and O–H groups in total. The fraction of sp³-hybridized carbons (Fsp3) is 1.00. The average molecular weight is 221 g/mol. The molecule has 0 radical (unpaired) electrons. The van der Waals surface area contributed by atoms with Gasteiger partial charge in [-0.1, -0.05) is 11.2 Å². The van der Waals surface area contributed by atoms with E-state index in [4.69, 9.17) is 34.4 Å². The van der Waals surface area contributed by atoms with E-state index in [1.54, 1.807) is 0 Å². The summed E-state index contributed by atoms with van der Waals surface area (Å²) in [6.45, 7) is 0. The molecule has 0 aliphatic rings. The van der Waals surface area contributed by atoms with Crippen molar-refractivity contribution in [1.82, 2.24) is 0 Å². The van der Waals surface area contributed by atoms with Crippen molar-refractivity contribution < 1.29 is 0 Å². The Bertz CT molecular complexity index is 62.0. The van der Waals surface area contributed by atoms with Crippen LogP contribution in [-0.2, 0) is 0 Å². The third-order valence-electron chi connectivity index (χ3n) is 1.07. The van der Waals surface area contributed by atoms with E-state index in [9.17, 15) is 0 Å². The molecule has 0 rings (SSSR count). The zero-order valence-electron chi connectivity index (χ0n) is 5.82. The van der Waals surface area contributed by atoms with E-state index in [1.165, 1.54) is 0 Å². The maximum Gasteiger partial charge on any atom is 0.0227 e. The molecule has 10 heavy (non-hydrogen) atoms. The van der Waals surface area contributed by atoms with Crippen molar-refractivity contribution >= 4 is 41.7 Å². The fourth-order valence-electron chi connectivity index (χ4n) is 0.574. The molecule has 0 saturated carbocycles. The van der Waals surface area contributed by atoms with Crippen LogP contribution in [0.2, 0.25) is 0 Å². The predicted octanol–water partition coefficient (Wildman–Crippen LogP) is 3.88. The topological polar surface area (TPSA) is 0 Å². The summed E-state index contributed by atoms with van der Waals surface area (Å²) < 4.78 is 0. The van der Waals surface area contributed by atoms with Crippen LogP contribution in [0.1, 0.15) is 12.8 Å². The predicted molar refractivity (Wildman–Crippen MR) is 53.2 cm³/mol. The second-order valence-corrected chi connectivity index (χ2v) is 6.00. The smallest absolute Gasteiger partial charge is 0.0227 e. The van der Waals surface area contributed by atoms with E-state index in [-0.39, 0.29) is 7.27 Å². The first-order valence-electron chi connectivity index (χ1n) is 3.34. The van der Waals surface area contributed by atoms with Crippen molar-refractivity contribution in [2.24, 2.45) is 0 Å². The summed E-state index contributed by atoms with van der Waals surface area (Å²) in [5.74, 6) is 1.46. The van der Waals surface area contributed by atoms with Crippen LogP contribution >= 0.6 is 41.7 Å². The fourth-order valence-corrected chi connectivity index (χ4v) is 3.16. The van der Waals surface area contributed by atoms with Crippen LogP contribution in [-0.4, -0.2) is 24.1 Å². The van der Waals surface area contributed by atoms with Gasteiger partial charge in [0.1, 0.15) is 0 Å². The monoisotopic (exact) mass is 220 g/mol. The van der Waals surface area contributed by atoms with E-state index >= 15 is 0 Å². The van der Waals surface area contributed by atoms with Crippen molar-refractivity contribution in [2.75, 3.05) is 24.1 Å². The Morgan fingerprint density at radius 2 is 1.30 bits per heavy atom. The Labute approximate surface area is 78.8 Å². The first kappa shape index (κ1) is 11.3. The standard InChI is InChI=1S/C6H12Cl3P/c7-3-1-5-10(9)6-2-4-8/h1-6H2. The lowest BCUT2D eigenvalue weighted by Crippen LogP contribution is -1.87. The van der Waals surface area contributed by atoms with Gasteiger partial charge in [-0.15, -0.1) is 23.2 Å². The Kier molecular flexibility index (Phi) is 9.49. The molecule has 0 atom stereocenters. The molecule has 0 aromatic carbocycles. The highest BCUT2D eigenvalue weighted by molar-refractivity contribution is 7.83. The maximum atomic E-state index is 5.99. The van der Waals surface area contributed by atoms with Crippen LogP contribution in [0.15, 0.2) is 0 Å². The van der Waals surface area contributed by atoms with E-state index in [0.717, 1.165) is 36.9 Å². The first-order chi connectivity index (χ1) is 4.81. The number of alkyl halides is 2. The molecule has 0 aliphatic heterocycles. The highest BCUT2D eigenvalue weighted by Gasteiger charge is 2.01. The third kappa shape index (κ3) is 7.41. The van der Waals surface area contributed by atoms with E-state index in [0.29, 0.717) is 0 Å². The Balaban J connectivity index is 3.00. The van der Waals surface area contributed by atoms with Gasteiger partial charge in [-0.2, -0.15) is 0 Å². The molecular weight excluding hydrogens is 209 g/mol. The molecular formula is C6H12Cl3P. The molecule has 0 saturated heterocycles. The van der Waals surface area contributed by atoms with Crippen LogP contribution in [0.4, 0.5) is 0 Å².